The van der Waals surface area contributed by atoms with E-state index < -0.39 is 29.9 Å². The third-order valence-electron chi connectivity index (χ3n) is 4.93. The van der Waals surface area contributed by atoms with E-state index in [1.807, 2.05) is 0 Å². The minimum Gasteiger partial charge on any atom is -0.425 e. The van der Waals surface area contributed by atoms with Gasteiger partial charge in [-0.05, 0) is 26.0 Å². The lowest BCUT2D eigenvalue weighted by Crippen LogP contribution is -2.43. The van der Waals surface area contributed by atoms with E-state index in [1.165, 1.54) is 29.0 Å². The molecular weight excluding hydrogens is 449 g/mol. The molecule has 4 rings (SSSR count). The predicted molar refractivity (Wildman–Crippen MR) is 106 cm³/mol. The van der Waals surface area contributed by atoms with Crippen LogP contribution in [0.2, 0.25) is 0 Å². The molecule has 0 saturated carbocycles. The van der Waals surface area contributed by atoms with Crippen molar-refractivity contribution in [2.24, 2.45) is 0 Å². The summed E-state index contributed by atoms with van der Waals surface area (Å²) in [7, 11) is 1.46. The first kappa shape index (κ1) is 22.9. The number of alkyl halides is 3. The van der Waals surface area contributed by atoms with E-state index in [4.69, 9.17) is 14.2 Å². The second kappa shape index (κ2) is 8.23. The molecule has 1 aromatic heterocycles. The molecule has 2 aliphatic rings. The molecule has 10 nitrogen and oxygen atoms in total. The molecular formula is C20H21F3N4O6. The Morgan fingerprint density at radius 1 is 1.27 bits per heavy atom. The normalized spacial score (nSPS) is 20.6. The van der Waals surface area contributed by atoms with Crippen molar-refractivity contribution in [3.05, 3.63) is 30.0 Å². The van der Waals surface area contributed by atoms with Crippen molar-refractivity contribution in [3.63, 3.8) is 0 Å². The van der Waals surface area contributed by atoms with Crippen molar-refractivity contribution in [3.8, 4) is 17.5 Å². The van der Waals surface area contributed by atoms with Crippen LogP contribution in [0, 0.1) is 0 Å². The molecule has 1 saturated heterocycles. The van der Waals surface area contributed by atoms with Gasteiger partial charge in [-0.3, -0.25) is 14.5 Å². The number of hydrogen-bond donors (Lipinski definition) is 1. The topological polar surface area (TPSA) is 106 Å². The number of nitrogens with zero attached hydrogens (tertiary/aromatic N) is 3. The molecule has 2 amide bonds. The second-order valence-electron chi connectivity index (χ2n) is 7.95. The zero-order valence-electron chi connectivity index (χ0n) is 17.9. The van der Waals surface area contributed by atoms with E-state index >= 15 is 0 Å². The highest BCUT2D eigenvalue weighted by atomic mass is 19.4. The van der Waals surface area contributed by atoms with Gasteiger partial charge in [-0.1, -0.05) is 6.07 Å². The van der Waals surface area contributed by atoms with E-state index in [-0.39, 0.29) is 48.9 Å². The van der Waals surface area contributed by atoms with Gasteiger partial charge in [0.2, 0.25) is 5.91 Å². The van der Waals surface area contributed by atoms with Crippen LogP contribution in [0.15, 0.2) is 24.3 Å². The molecule has 13 heteroatoms. The van der Waals surface area contributed by atoms with Gasteiger partial charge < -0.3 is 28.8 Å². The number of aromatic nitrogens is 2. The number of benzene rings is 1. The third kappa shape index (κ3) is 5.20. The summed E-state index contributed by atoms with van der Waals surface area (Å²) in [6, 6.07) is 4.64. The Hall–Kier alpha value is -3.32. The van der Waals surface area contributed by atoms with Crippen LogP contribution in [0.3, 0.4) is 0 Å². The number of H-pyrrole nitrogens is 1. The van der Waals surface area contributed by atoms with Gasteiger partial charge in [0.05, 0.1) is 13.2 Å². The maximum Gasteiger partial charge on any atom is 0.573 e. The number of likely N-dealkylation sites (N-methyl/N-ethyl adjacent to an activating group) is 1. The SMILES string of the molecule is CN1C(=O)CN(CC2COC(C)(C)O2)C(=O)c2[nH]c(Oc3cccc(OC(F)(F)F)c3)nc21. The number of rotatable bonds is 5. The monoisotopic (exact) mass is 470 g/mol. The Labute approximate surface area is 186 Å². The highest BCUT2D eigenvalue weighted by Crippen LogP contribution is 2.31. The van der Waals surface area contributed by atoms with Crippen LogP contribution in [0.1, 0.15) is 24.3 Å². The first-order valence-electron chi connectivity index (χ1n) is 9.91. The minimum atomic E-state index is -4.86. The summed E-state index contributed by atoms with van der Waals surface area (Å²) in [5.41, 5.74) is -0.000721. The van der Waals surface area contributed by atoms with E-state index in [1.54, 1.807) is 13.8 Å². The number of anilines is 1. The molecule has 2 aromatic rings. The van der Waals surface area contributed by atoms with Gasteiger partial charge in [-0.25, -0.2) is 0 Å². The number of hydrogen-bond acceptors (Lipinski definition) is 7. The summed E-state index contributed by atoms with van der Waals surface area (Å²) in [4.78, 5) is 35.1. The van der Waals surface area contributed by atoms with Gasteiger partial charge in [0, 0.05) is 13.1 Å². The van der Waals surface area contributed by atoms with Gasteiger partial charge >= 0.3 is 12.4 Å². The summed E-state index contributed by atoms with van der Waals surface area (Å²) in [6.07, 6.45) is -5.28. The van der Waals surface area contributed by atoms with Crippen molar-refractivity contribution >= 4 is 17.6 Å². The Balaban J connectivity index is 1.55. The molecule has 0 bridgehead atoms. The fraction of sp³-hybridized carbons (Fsp3) is 0.450. The van der Waals surface area contributed by atoms with E-state index in [9.17, 15) is 22.8 Å². The van der Waals surface area contributed by atoms with Crippen LogP contribution in [-0.2, 0) is 14.3 Å². The van der Waals surface area contributed by atoms with Crippen LogP contribution < -0.4 is 14.4 Å². The maximum absolute atomic E-state index is 13.1. The zero-order valence-corrected chi connectivity index (χ0v) is 17.9. The third-order valence-corrected chi connectivity index (χ3v) is 4.93. The summed E-state index contributed by atoms with van der Waals surface area (Å²) in [5.74, 6) is -2.15. The van der Waals surface area contributed by atoms with Gasteiger partial charge in [0.15, 0.2) is 17.3 Å². The molecule has 33 heavy (non-hydrogen) atoms. The lowest BCUT2D eigenvalue weighted by atomic mass is 10.3. The maximum atomic E-state index is 13.1. The van der Waals surface area contributed by atoms with Crippen LogP contribution in [0.5, 0.6) is 17.5 Å². The lowest BCUT2D eigenvalue weighted by Gasteiger charge is -2.24. The van der Waals surface area contributed by atoms with E-state index in [0.717, 1.165) is 12.1 Å². The zero-order chi connectivity index (χ0) is 24.0. The summed E-state index contributed by atoms with van der Waals surface area (Å²) < 4.78 is 58.0. The molecule has 1 fully saturated rings. The van der Waals surface area contributed by atoms with Gasteiger partial charge in [-0.2, -0.15) is 4.98 Å². The van der Waals surface area contributed by atoms with E-state index in [0.29, 0.717) is 0 Å². The minimum absolute atomic E-state index is 0.000721. The molecule has 3 heterocycles. The first-order chi connectivity index (χ1) is 15.4. The Bertz CT molecular complexity index is 1070. The van der Waals surface area contributed by atoms with Crippen molar-refractivity contribution in [2.45, 2.75) is 32.1 Å². The Morgan fingerprint density at radius 2 is 2.00 bits per heavy atom. The quantitative estimate of drug-likeness (QED) is 0.716. The molecule has 2 aliphatic heterocycles. The number of fused-ring (bicyclic) bond motifs is 1. The van der Waals surface area contributed by atoms with Crippen molar-refractivity contribution in [1.82, 2.24) is 14.9 Å². The Morgan fingerprint density at radius 3 is 2.67 bits per heavy atom. The van der Waals surface area contributed by atoms with Gasteiger partial charge in [0.1, 0.15) is 24.1 Å². The molecule has 0 spiro atoms. The summed E-state index contributed by atoms with van der Waals surface area (Å²) in [5, 5.41) is 0. The summed E-state index contributed by atoms with van der Waals surface area (Å²) >= 11 is 0. The van der Waals surface area contributed by atoms with Gasteiger partial charge in [-0.15, -0.1) is 13.2 Å². The number of carbonyl (C=O) groups excluding carboxylic acids is 2. The molecule has 1 N–H and O–H groups in total. The first-order valence-corrected chi connectivity index (χ1v) is 9.91. The molecule has 1 aromatic carbocycles. The largest absolute Gasteiger partial charge is 0.573 e. The smallest absolute Gasteiger partial charge is 0.425 e. The van der Waals surface area contributed by atoms with Crippen molar-refractivity contribution < 1.29 is 41.7 Å². The van der Waals surface area contributed by atoms with Crippen LogP contribution >= 0.6 is 0 Å². The number of halogens is 3. The fourth-order valence-electron chi connectivity index (χ4n) is 3.49. The predicted octanol–water partition coefficient (Wildman–Crippen LogP) is 2.67. The molecule has 1 atom stereocenters. The number of nitrogens with one attached hydrogen (secondary N) is 1. The standard InChI is InChI=1S/C20H21F3N4O6/c1-19(2)30-10-13(32-19)8-27-9-14(28)26(3)16-15(17(27)29)24-18(25-16)31-11-5-4-6-12(7-11)33-20(21,22)23/h4-7,13H,8-10H2,1-3H3,(H,24,25). The number of ether oxygens (including phenoxy) is 4. The fourth-order valence-corrected chi connectivity index (χ4v) is 3.49. The van der Waals surface area contributed by atoms with Crippen molar-refractivity contribution in [1.29, 1.82) is 0 Å². The number of carbonyl (C=O) groups is 2. The van der Waals surface area contributed by atoms with Crippen LogP contribution in [-0.4, -0.2) is 71.7 Å². The number of amides is 2. The number of aromatic amines is 1. The lowest BCUT2D eigenvalue weighted by molar-refractivity contribution is -0.274. The molecule has 0 aliphatic carbocycles. The van der Waals surface area contributed by atoms with E-state index in [2.05, 4.69) is 14.7 Å². The average molecular weight is 470 g/mol. The van der Waals surface area contributed by atoms with Crippen LogP contribution in [0.4, 0.5) is 19.0 Å². The highest BCUT2D eigenvalue weighted by molar-refractivity contribution is 6.07. The molecule has 178 valence electrons. The summed E-state index contributed by atoms with van der Waals surface area (Å²) in [6.45, 7) is 3.70. The van der Waals surface area contributed by atoms with Gasteiger partial charge in [0.25, 0.3) is 5.91 Å². The van der Waals surface area contributed by atoms with Crippen molar-refractivity contribution in [2.75, 3.05) is 31.6 Å². The molecule has 0 radical (unpaired) electrons. The second-order valence-corrected chi connectivity index (χ2v) is 7.95. The molecule has 1 unspecified atom stereocenters. The van der Waals surface area contributed by atoms with Crippen LogP contribution in [0.25, 0.3) is 0 Å². The average Bonchev–Trinajstić information content (AvgIpc) is 3.25. The highest BCUT2D eigenvalue weighted by Gasteiger charge is 2.38. The Kier molecular flexibility index (Phi) is 5.70. The number of imidazole rings is 1.